The number of amides is 2. The maximum Gasteiger partial charge on any atom is 0.224 e. The number of hydrogen-bond donors (Lipinski definition) is 0. The Labute approximate surface area is 148 Å². The number of nitrogens with zero attached hydrogens (tertiary/aromatic N) is 2. The maximum atomic E-state index is 12.4. The zero-order chi connectivity index (χ0) is 17.4. The van der Waals surface area contributed by atoms with Crippen molar-refractivity contribution in [3.05, 3.63) is 28.2 Å². The Kier molecular flexibility index (Phi) is 8.31. The summed E-state index contributed by atoms with van der Waals surface area (Å²) in [6.45, 7) is 9.65. The molecule has 5 heteroatoms. The Morgan fingerprint density at radius 2 is 1.70 bits per heavy atom. The number of rotatable bonds is 8. The lowest BCUT2D eigenvalue weighted by Crippen LogP contribution is -2.37. The molecule has 1 aromatic rings. The molecule has 23 heavy (non-hydrogen) atoms. The molecule has 1 aromatic carbocycles. The lowest BCUT2D eigenvalue weighted by Gasteiger charge is -2.25. The standard InChI is InChI=1S/C18H27BrN2O2/c1-5-10-20(11-6-2)18(23)9-12-21(15(4)22)16-8-7-14(3)17(19)13-16/h7-8,13H,5-6,9-12H2,1-4H3. The van der Waals surface area contributed by atoms with E-state index in [1.54, 1.807) is 4.90 Å². The summed E-state index contributed by atoms with van der Waals surface area (Å²) < 4.78 is 0.964. The summed E-state index contributed by atoms with van der Waals surface area (Å²) in [6, 6.07) is 5.82. The molecule has 0 aromatic heterocycles. The minimum absolute atomic E-state index is 0.0499. The van der Waals surface area contributed by atoms with E-state index in [1.807, 2.05) is 30.0 Å². The summed E-state index contributed by atoms with van der Waals surface area (Å²) >= 11 is 3.49. The zero-order valence-electron chi connectivity index (χ0n) is 14.6. The SMILES string of the molecule is CCCN(CCC)C(=O)CCN(C(C)=O)c1ccc(C)c(Br)c1. The number of halogens is 1. The van der Waals surface area contributed by atoms with E-state index < -0.39 is 0 Å². The van der Waals surface area contributed by atoms with Crippen LogP contribution in [0.25, 0.3) is 0 Å². The maximum absolute atomic E-state index is 12.4. The number of aryl methyl sites for hydroxylation is 1. The number of hydrogen-bond acceptors (Lipinski definition) is 2. The van der Waals surface area contributed by atoms with Gasteiger partial charge in [0.2, 0.25) is 11.8 Å². The summed E-state index contributed by atoms with van der Waals surface area (Å²) in [5, 5.41) is 0. The molecule has 0 bridgehead atoms. The molecule has 0 unspecified atom stereocenters. The Balaban J connectivity index is 2.78. The number of anilines is 1. The van der Waals surface area contributed by atoms with Gasteiger partial charge < -0.3 is 9.80 Å². The third-order valence-electron chi connectivity index (χ3n) is 3.74. The molecule has 0 N–H and O–H groups in total. The highest BCUT2D eigenvalue weighted by molar-refractivity contribution is 9.10. The molecular weight excluding hydrogens is 356 g/mol. The van der Waals surface area contributed by atoms with Crippen molar-refractivity contribution in [2.24, 2.45) is 0 Å². The molecule has 1 rings (SSSR count). The van der Waals surface area contributed by atoms with Crippen LogP contribution in [0.2, 0.25) is 0 Å². The molecule has 0 fully saturated rings. The fourth-order valence-electron chi connectivity index (χ4n) is 2.48. The van der Waals surface area contributed by atoms with E-state index in [-0.39, 0.29) is 11.8 Å². The highest BCUT2D eigenvalue weighted by atomic mass is 79.9. The lowest BCUT2D eigenvalue weighted by molar-refractivity contribution is -0.131. The molecule has 0 saturated heterocycles. The van der Waals surface area contributed by atoms with Gasteiger partial charge in [0.25, 0.3) is 0 Å². The second kappa shape index (κ2) is 9.71. The van der Waals surface area contributed by atoms with Crippen LogP contribution in [-0.2, 0) is 9.59 Å². The van der Waals surface area contributed by atoms with E-state index in [4.69, 9.17) is 0 Å². The summed E-state index contributed by atoms with van der Waals surface area (Å²) in [5.41, 5.74) is 1.94. The number of carbonyl (C=O) groups excluding carboxylic acids is 2. The van der Waals surface area contributed by atoms with Crippen LogP contribution in [-0.4, -0.2) is 36.3 Å². The molecule has 128 valence electrons. The van der Waals surface area contributed by atoms with Gasteiger partial charge in [-0.2, -0.15) is 0 Å². The lowest BCUT2D eigenvalue weighted by atomic mass is 10.2. The van der Waals surface area contributed by atoms with Crippen LogP contribution in [0.3, 0.4) is 0 Å². The van der Waals surface area contributed by atoms with Crippen molar-refractivity contribution in [2.45, 2.75) is 47.0 Å². The number of carbonyl (C=O) groups is 2. The highest BCUT2D eigenvalue weighted by Gasteiger charge is 2.17. The van der Waals surface area contributed by atoms with Crippen molar-refractivity contribution < 1.29 is 9.59 Å². The summed E-state index contributed by atoms with van der Waals surface area (Å²) in [6.07, 6.45) is 2.26. The first kappa shape index (κ1) is 19.7. The van der Waals surface area contributed by atoms with Gasteiger partial charge in [0, 0.05) is 43.1 Å². The largest absolute Gasteiger partial charge is 0.343 e. The van der Waals surface area contributed by atoms with Crippen molar-refractivity contribution in [3.63, 3.8) is 0 Å². The smallest absolute Gasteiger partial charge is 0.224 e. The predicted octanol–water partition coefficient (Wildman–Crippen LogP) is 4.15. The normalized spacial score (nSPS) is 10.5. The van der Waals surface area contributed by atoms with Gasteiger partial charge in [-0.15, -0.1) is 0 Å². The van der Waals surface area contributed by atoms with Crippen molar-refractivity contribution in [1.82, 2.24) is 4.90 Å². The highest BCUT2D eigenvalue weighted by Crippen LogP contribution is 2.24. The van der Waals surface area contributed by atoms with Crippen LogP contribution in [0.5, 0.6) is 0 Å². The van der Waals surface area contributed by atoms with E-state index in [2.05, 4.69) is 29.8 Å². The van der Waals surface area contributed by atoms with E-state index in [9.17, 15) is 9.59 Å². The van der Waals surface area contributed by atoms with E-state index >= 15 is 0 Å². The Morgan fingerprint density at radius 1 is 1.09 bits per heavy atom. The fraction of sp³-hybridized carbons (Fsp3) is 0.556. The van der Waals surface area contributed by atoms with Crippen LogP contribution in [0, 0.1) is 6.92 Å². The fourth-order valence-corrected chi connectivity index (χ4v) is 2.85. The molecular formula is C18H27BrN2O2. The van der Waals surface area contributed by atoms with E-state index in [0.29, 0.717) is 13.0 Å². The van der Waals surface area contributed by atoms with Crippen LogP contribution >= 0.6 is 15.9 Å². The minimum Gasteiger partial charge on any atom is -0.343 e. The monoisotopic (exact) mass is 382 g/mol. The molecule has 0 aliphatic carbocycles. The van der Waals surface area contributed by atoms with Crippen molar-refractivity contribution in [2.75, 3.05) is 24.5 Å². The first-order valence-electron chi connectivity index (χ1n) is 8.22. The molecule has 2 amide bonds. The van der Waals surface area contributed by atoms with Crippen molar-refractivity contribution in [3.8, 4) is 0 Å². The van der Waals surface area contributed by atoms with Crippen LogP contribution in [0.15, 0.2) is 22.7 Å². The molecule has 0 saturated carbocycles. The second-order valence-electron chi connectivity index (χ2n) is 5.73. The molecule has 4 nitrogen and oxygen atoms in total. The van der Waals surface area contributed by atoms with Crippen LogP contribution in [0.4, 0.5) is 5.69 Å². The van der Waals surface area contributed by atoms with Crippen molar-refractivity contribution in [1.29, 1.82) is 0 Å². The van der Waals surface area contributed by atoms with Gasteiger partial charge in [0.1, 0.15) is 0 Å². The quantitative estimate of drug-likeness (QED) is 0.677. The third kappa shape index (κ3) is 5.98. The Hall–Kier alpha value is -1.36. The van der Waals surface area contributed by atoms with Gasteiger partial charge in [-0.25, -0.2) is 0 Å². The Bertz CT molecular complexity index is 540. The number of benzene rings is 1. The van der Waals surface area contributed by atoms with Crippen LogP contribution in [0.1, 0.15) is 45.6 Å². The van der Waals surface area contributed by atoms with Crippen LogP contribution < -0.4 is 4.90 Å². The first-order chi connectivity index (χ1) is 10.9. The zero-order valence-corrected chi connectivity index (χ0v) is 16.1. The molecule has 0 heterocycles. The van der Waals surface area contributed by atoms with Gasteiger partial charge >= 0.3 is 0 Å². The van der Waals surface area contributed by atoms with Crippen molar-refractivity contribution >= 4 is 33.4 Å². The van der Waals surface area contributed by atoms with Gasteiger partial charge in [0.15, 0.2) is 0 Å². The van der Waals surface area contributed by atoms with Gasteiger partial charge in [0.05, 0.1) is 0 Å². The molecule has 0 aliphatic heterocycles. The first-order valence-corrected chi connectivity index (χ1v) is 9.02. The average Bonchev–Trinajstić information content (AvgIpc) is 2.50. The topological polar surface area (TPSA) is 40.6 Å². The molecule has 0 aliphatic rings. The molecule has 0 radical (unpaired) electrons. The van der Waals surface area contributed by atoms with E-state index in [0.717, 1.165) is 41.7 Å². The third-order valence-corrected chi connectivity index (χ3v) is 4.59. The summed E-state index contributed by atoms with van der Waals surface area (Å²) in [7, 11) is 0. The average molecular weight is 383 g/mol. The minimum atomic E-state index is -0.0499. The van der Waals surface area contributed by atoms with Gasteiger partial charge in [-0.3, -0.25) is 9.59 Å². The Morgan fingerprint density at radius 3 is 2.17 bits per heavy atom. The predicted molar refractivity (Wildman–Crippen MR) is 98.7 cm³/mol. The van der Waals surface area contributed by atoms with E-state index in [1.165, 1.54) is 6.92 Å². The van der Waals surface area contributed by atoms with Gasteiger partial charge in [-0.05, 0) is 37.5 Å². The summed E-state index contributed by atoms with van der Waals surface area (Å²) in [4.78, 5) is 27.9. The molecule has 0 atom stereocenters. The second-order valence-corrected chi connectivity index (χ2v) is 6.59. The molecule has 0 spiro atoms. The summed E-state index contributed by atoms with van der Waals surface area (Å²) in [5.74, 6) is 0.0669. The van der Waals surface area contributed by atoms with Gasteiger partial charge in [-0.1, -0.05) is 35.8 Å².